The van der Waals surface area contributed by atoms with E-state index in [4.69, 9.17) is 0 Å². The molecule has 0 aliphatic carbocycles. The first-order valence-corrected chi connectivity index (χ1v) is 24.8. The zero-order valence-corrected chi connectivity index (χ0v) is 43.2. The summed E-state index contributed by atoms with van der Waals surface area (Å²) < 4.78 is 0. The average molecular weight is 941 g/mol. The summed E-state index contributed by atoms with van der Waals surface area (Å²) in [5, 5.41) is 0. The van der Waals surface area contributed by atoms with Gasteiger partial charge in [-0.2, -0.15) is 0 Å². The molecule has 0 aromatic heterocycles. The molecule has 0 radical (unpaired) electrons. The number of rotatable bonds is 16. The van der Waals surface area contributed by atoms with Gasteiger partial charge in [-0.15, -0.1) is 0 Å². The molecule has 0 amide bonds. The van der Waals surface area contributed by atoms with Crippen LogP contribution in [-0.4, -0.2) is 14.1 Å². The smallest absolute Gasteiger partial charge is 0.0467 e. The van der Waals surface area contributed by atoms with Crippen molar-refractivity contribution in [3.05, 3.63) is 277 Å². The number of allylic oxidation sites excluding steroid dienone is 8. The molecule has 0 N–H and O–H groups in total. The van der Waals surface area contributed by atoms with E-state index in [1.807, 2.05) is 26.0 Å². The minimum absolute atomic E-state index is 1.11. The average Bonchev–Trinajstić information content (AvgIpc) is 3.40. The summed E-state index contributed by atoms with van der Waals surface area (Å²) in [6, 6.07) is 73.5. The zero-order valence-electron chi connectivity index (χ0n) is 43.2. The summed E-state index contributed by atoms with van der Waals surface area (Å²) in [5.74, 6) is 0. The summed E-state index contributed by atoms with van der Waals surface area (Å²) in [6.45, 7) is 12.5. The molecule has 0 unspecified atom stereocenters. The first-order chi connectivity index (χ1) is 35.1. The molecule has 0 spiro atoms. The SMILES string of the molecule is C/C=C/C=C/c1cccc(N(c2ccccc2)c2ccc(-c3ccc(N(c4ccccc4)c4cccc(/C=C/C=C/C)c4)cc3)cc2)c1.CC(C)=CN(C)c1ccc(-c2ccc(N(C)C=C(C)C)cc2)cc1. The molecule has 0 saturated heterocycles. The third-order valence-corrected chi connectivity index (χ3v) is 11.8. The summed E-state index contributed by atoms with van der Waals surface area (Å²) >= 11 is 0. The van der Waals surface area contributed by atoms with Crippen LogP contribution in [0, 0.1) is 0 Å². The van der Waals surface area contributed by atoms with Gasteiger partial charge >= 0.3 is 0 Å². The van der Waals surface area contributed by atoms with E-state index >= 15 is 0 Å². The molecule has 360 valence electrons. The zero-order chi connectivity index (χ0) is 50.7. The van der Waals surface area contributed by atoms with Crippen LogP contribution in [0.4, 0.5) is 45.5 Å². The van der Waals surface area contributed by atoms with Crippen molar-refractivity contribution in [3.63, 3.8) is 0 Å². The lowest BCUT2D eigenvalue weighted by molar-refractivity contribution is 1.16. The summed E-state index contributed by atoms with van der Waals surface area (Å²) in [5.41, 5.74) is 18.8. The lowest BCUT2D eigenvalue weighted by Gasteiger charge is -2.26. The summed E-state index contributed by atoms with van der Waals surface area (Å²) in [4.78, 5) is 8.91. The fourth-order valence-corrected chi connectivity index (χ4v) is 8.45. The Balaban J connectivity index is 0.000000266. The van der Waals surface area contributed by atoms with Crippen molar-refractivity contribution >= 4 is 57.7 Å². The van der Waals surface area contributed by atoms with Gasteiger partial charge in [0.05, 0.1) is 0 Å². The molecule has 0 aliphatic rings. The highest BCUT2D eigenvalue weighted by atomic mass is 15.1. The van der Waals surface area contributed by atoms with Gasteiger partial charge in [0.1, 0.15) is 0 Å². The van der Waals surface area contributed by atoms with Crippen LogP contribution in [-0.2, 0) is 0 Å². The van der Waals surface area contributed by atoms with Crippen molar-refractivity contribution in [2.24, 2.45) is 0 Å². The van der Waals surface area contributed by atoms with E-state index in [1.54, 1.807) is 0 Å². The van der Waals surface area contributed by atoms with Crippen LogP contribution in [0.25, 0.3) is 34.4 Å². The molecule has 4 heteroatoms. The molecule has 4 nitrogen and oxygen atoms in total. The van der Waals surface area contributed by atoms with Gasteiger partial charge in [-0.1, -0.05) is 169 Å². The lowest BCUT2D eigenvalue weighted by Crippen LogP contribution is -2.10. The Kier molecular flexibility index (Phi) is 18.4. The molecule has 0 heterocycles. The second-order valence-corrected chi connectivity index (χ2v) is 18.1. The molecule has 0 bridgehead atoms. The third-order valence-electron chi connectivity index (χ3n) is 11.8. The van der Waals surface area contributed by atoms with Crippen LogP contribution < -0.4 is 19.6 Å². The van der Waals surface area contributed by atoms with Crippen molar-refractivity contribution in [2.45, 2.75) is 41.5 Å². The number of benzene rings is 8. The van der Waals surface area contributed by atoms with Crippen LogP contribution in [0.15, 0.2) is 266 Å². The highest BCUT2D eigenvalue weighted by molar-refractivity contribution is 5.82. The molecule has 8 aromatic carbocycles. The Bertz CT molecular complexity index is 2900. The standard InChI is InChI=1S/C46H40N2.C22H28N2/c1-3-5-9-17-37-19-15-25-45(35-37)47(41-21-11-7-12-22-41)43-31-27-39(28-32-43)40-29-33-44(34-30-40)48(42-23-13-8-14-24-42)46-26-16-20-38(36-46)18-10-6-4-2;1-17(2)15-23(5)21-11-7-19(8-12-21)20-9-13-22(14-10-20)24(6)16-18(3)4/h3-36H,1-2H3;7-16H,1-6H3/b5-3+,6-4+,17-9+,18-10+;. The fraction of sp³-hybridized carbons (Fsp3) is 0.118. The minimum atomic E-state index is 1.11. The van der Waals surface area contributed by atoms with Crippen molar-refractivity contribution in [2.75, 3.05) is 33.7 Å². The molecule has 0 aliphatic heterocycles. The second kappa shape index (κ2) is 25.8. The summed E-state index contributed by atoms with van der Waals surface area (Å²) in [7, 11) is 4.16. The van der Waals surface area contributed by atoms with Crippen molar-refractivity contribution in [1.82, 2.24) is 0 Å². The van der Waals surface area contributed by atoms with E-state index in [0.717, 1.165) is 45.3 Å². The maximum absolute atomic E-state index is 2.31. The minimum Gasteiger partial charge on any atom is -0.351 e. The lowest BCUT2D eigenvalue weighted by atomic mass is 10.0. The van der Waals surface area contributed by atoms with Gasteiger partial charge in [0.25, 0.3) is 0 Å². The molecule has 0 fully saturated rings. The highest BCUT2D eigenvalue weighted by Crippen LogP contribution is 2.38. The van der Waals surface area contributed by atoms with Gasteiger partial charge < -0.3 is 19.6 Å². The molecule has 0 saturated carbocycles. The summed E-state index contributed by atoms with van der Waals surface area (Å²) in [6.07, 6.45) is 20.9. The van der Waals surface area contributed by atoms with Crippen LogP contribution >= 0.6 is 0 Å². The topological polar surface area (TPSA) is 13.0 Å². The Morgan fingerprint density at radius 2 is 0.597 bits per heavy atom. The molecule has 0 atom stereocenters. The van der Waals surface area contributed by atoms with Crippen LogP contribution in [0.1, 0.15) is 52.7 Å². The van der Waals surface area contributed by atoms with Crippen LogP contribution in [0.2, 0.25) is 0 Å². The molecular weight excluding hydrogens is 873 g/mol. The van der Waals surface area contributed by atoms with Gasteiger partial charge in [0.15, 0.2) is 0 Å². The Hall–Kier alpha value is -8.60. The maximum Gasteiger partial charge on any atom is 0.0467 e. The number of nitrogens with zero attached hydrogens (tertiary/aromatic N) is 4. The van der Waals surface area contributed by atoms with E-state index in [9.17, 15) is 0 Å². The number of anilines is 8. The van der Waals surface area contributed by atoms with E-state index in [-0.39, 0.29) is 0 Å². The first kappa shape index (κ1) is 51.3. The normalized spacial score (nSPS) is 11.1. The van der Waals surface area contributed by atoms with Gasteiger partial charge in [0.2, 0.25) is 0 Å². The molecule has 72 heavy (non-hydrogen) atoms. The molecule has 8 aromatic rings. The van der Waals surface area contributed by atoms with Crippen molar-refractivity contribution in [1.29, 1.82) is 0 Å². The second-order valence-electron chi connectivity index (χ2n) is 18.1. The van der Waals surface area contributed by atoms with E-state index < -0.39 is 0 Å². The van der Waals surface area contributed by atoms with E-state index in [2.05, 4.69) is 317 Å². The number of para-hydroxylation sites is 2. The maximum atomic E-state index is 2.31. The predicted octanol–water partition coefficient (Wildman–Crippen LogP) is 19.5. The van der Waals surface area contributed by atoms with Gasteiger partial charge in [0, 0.05) is 72.0 Å². The Labute approximate surface area is 430 Å². The highest BCUT2D eigenvalue weighted by Gasteiger charge is 2.15. The van der Waals surface area contributed by atoms with E-state index in [1.165, 1.54) is 44.8 Å². The molecule has 8 rings (SSSR count). The van der Waals surface area contributed by atoms with Crippen molar-refractivity contribution < 1.29 is 0 Å². The third kappa shape index (κ3) is 14.2. The quantitative estimate of drug-likeness (QED) is 0.0895. The van der Waals surface area contributed by atoms with Crippen molar-refractivity contribution in [3.8, 4) is 22.3 Å². The van der Waals surface area contributed by atoms with Gasteiger partial charge in [-0.05, 0) is 172 Å². The predicted molar refractivity (Wildman–Crippen MR) is 316 cm³/mol. The van der Waals surface area contributed by atoms with Gasteiger partial charge in [-0.25, -0.2) is 0 Å². The Morgan fingerprint density at radius 3 is 0.903 bits per heavy atom. The number of hydrogen-bond donors (Lipinski definition) is 0. The Morgan fingerprint density at radius 1 is 0.306 bits per heavy atom. The van der Waals surface area contributed by atoms with Crippen LogP contribution in [0.5, 0.6) is 0 Å². The largest absolute Gasteiger partial charge is 0.351 e. The van der Waals surface area contributed by atoms with E-state index in [0.29, 0.717) is 0 Å². The van der Waals surface area contributed by atoms with Crippen LogP contribution in [0.3, 0.4) is 0 Å². The fourth-order valence-electron chi connectivity index (χ4n) is 8.45. The monoisotopic (exact) mass is 941 g/mol. The first-order valence-electron chi connectivity index (χ1n) is 24.8. The molecular formula is C68H68N4. The number of hydrogen-bond acceptors (Lipinski definition) is 4. The van der Waals surface area contributed by atoms with Gasteiger partial charge in [-0.3, -0.25) is 0 Å².